The molecule has 0 amide bonds. The molecule has 2 saturated carbocycles. The van der Waals surface area contributed by atoms with E-state index < -0.39 is 11.1 Å². The molecule has 2 fully saturated rings. The summed E-state index contributed by atoms with van der Waals surface area (Å²) in [6.07, 6.45) is 5.28. The van der Waals surface area contributed by atoms with E-state index in [4.69, 9.17) is 15.7 Å². The van der Waals surface area contributed by atoms with Gasteiger partial charge in [-0.15, -0.1) is 0 Å². The van der Waals surface area contributed by atoms with E-state index in [2.05, 4.69) is 46.8 Å². The van der Waals surface area contributed by atoms with Crippen molar-refractivity contribution in [1.82, 2.24) is 19.7 Å². The van der Waals surface area contributed by atoms with Crippen LogP contribution in [0.3, 0.4) is 0 Å². The highest BCUT2D eigenvalue weighted by atomic mass is 16.3. The molecule has 2 aliphatic carbocycles. The Hall–Kier alpha value is -3.55. The molecule has 0 radical (unpaired) electrons. The fourth-order valence-electron chi connectivity index (χ4n) is 5.64. The topological polar surface area (TPSA) is 102 Å². The maximum absolute atomic E-state index is 10.8. The fraction of sp³-hybridized carbons (Fsp3) is 0.296. The van der Waals surface area contributed by atoms with Crippen molar-refractivity contribution in [1.29, 1.82) is 0 Å². The van der Waals surface area contributed by atoms with Gasteiger partial charge in [-0.25, -0.2) is 9.97 Å². The molecular weight excluding hydrogens is 424 g/mol. The minimum atomic E-state index is -0.576. The molecule has 3 heterocycles. The summed E-state index contributed by atoms with van der Waals surface area (Å²) in [7, 11) is 0. The zero-order valence-electron chi connectivity index (χ0n) is 18.8. The predicted octanol–water partition coefficient (Wildman–Crippen LogP) is 4.01. The van der Waals surface area contributed by atoms with Gasteiger partial charge in [0.15, 0.2) is 5.82 Å². The van der Waals surface area contributed by atoms with Crippen molar-refractivity contribution in [3.8, 4) is 28.3 Å². The molecule has 7 nitrogen and oxygen atoms in total. The van der Waals surface area contributed by atoms with Crippen LogP contribution in [0.4, 0.5) is 5.82 Å². The first-order valence-corrected chi connectivity index (χ1v) is 11.9. The van der Waals surface area contributed by atoms with E-state index in [9.17, 15) is 5.11 Å². The summed E-state index contributed by atoms with van der Waals surface area (Å²) >= 11 is 0. The van der Waals surface area contributed by atoms with Crippen molar-refractivity contribution >= 4 is 5.82 Å². The third kappa shape index (κ3) is 3.01. The van der Waals surface area contributed by atoms with E-state index in [1.54, 1.807) is 10.9 Å². The lowest BCUT2D eigenvalue weighted by Gasteiger charge is -2.52. The molecule has 34 heavy (non-hydrogen) atoms. The number of rotatable bonds is 4. The van der Waals surface area contributed by atoms with Gasteiger partial charge in [0.2, 0.25) is 0 Å². The van der Waals surface area contributed by atoms with E-state index in [1.165, 1.54) is 0 Å². The maximum Gasteiger partial charge on any atom is 0.179 e. The Morgan fingerprint density at radius 2 is 1.62 bits per heavy atom. The van der Waals surface area contributed by atoms with Gasteiger partial charge in [-0.3, -0.25) is 0 Å². The molecule has 0 atom stereocenters. The molecular formula is C27H26N6O. The van der Waals surface area contributed by atoms with Crippen molar-refractivity contribution in [2.75, 3.05) is 5.32 Å². The average Bonchev–Trinajstić information content (AvgIpc) is 3.60. The number of anilines is 1. The monoisotopic (exact) mass is 450 g/mol. The first kappa shape index (κ1) is 19.9. The molecule has 0 spiro atoms. The van der Waals surface area contributed by atoms with E-state index in [0.717, 1.165) is 58.2 Å². The van der Waals surface area contributed by atoms with E-state index in [-0.39, 0.29) is 0 Å². The number of aromatic nitrogens is 4. The number of hydrogen-bond acceptors (Lipinski definition) is 6. The molecule has 3 aliphatic rings. The molecule has 4 N–H and O–H groups in total. The van der Waals surface area contributed by atoms with Crippen molar-refractivity contribution in [3.05, 3.63) is 78.1 Å². The lowest BCUT2D eigenvalue weighted by Crippen LogP contribution is -2.60. The fourth-order valence-corrected chi connectivity index (χ4v) is 5.64. The Labute approximate surface area is 197 Å². The molecule has 2 aromatic carbocycles. The average molecular weight is 451 g/mol. The van der Waals surface area contributed by atoms with Gasteiger partial charge in [-0.1, -0.05) is 54.6 Å². The second kappa shape index (κ2) is 6.98. The van der Waals surface area contributed by atoms with Crippen LogP contribution in [0.25, 0.3) is 28.3 Å². The van der Waals surface area contributed by atoms with Gasteiger partial charge in [-0.2, -0.15) is 9.78 Å². The first-order valence-electron chi connectivity index (χ1n) is 11.9. The zero-order chi connectivity index (χ0) is 22.9. The number of nitrogens with zero attached hydrogens (tertiary/aromatic N) is 4. The Bertz CT molecular complexity index is 1380. The number of fused-ring (bicyclic) bond motifs is 3. The van der Waals surface area contributed by atoms with Gasteiger partial charge < -0.3 is 16.2 Å². The van der Waals surface area contributed by atoms with Gasteiger partial charge in [0.1, 0.15) is 11.5 Å². The Balaban J connectivity index is 1.30. The zero-order valence-corrected chi connectivity index (χ0v) is 18.8. The molecule has 7 rings (SSSR count). The lowest BCUT2D eigenvalue weighted by molar-refractivity contribution is -0.106. The van der Waals surface area contributed by atoms with Crippen molar-refractivity contribution in [2.45, 2.75) is 43.4 Å². The highest BCUT2D eigenvalue weighted by molar-refractivity contribution is 5.79. The predicted molar refractivity (Wildman–Crippen MR) is 130 cm³/mol. The van der Waals surface area contributed by atoms with Gasteiger partial charge in [-0.05, 0) is 37.2 Å². The summed E-state index contributed by atoms with van der Waals surface area (Å²) in [6.45, 7) is 0.604. The Kier molecular flexibility index (Phi) is 4.08. The number of nitrogens with one attached hydrogen (secondary N) is 1. The van der Waals surface area contributed by atoms with Crippen LogP contribution in [0, 0.1) is 5.92 Å². The summed E-state index contributed by atoms with van der Waals surface area (Å²) in [5.41, 5.74) is 11.2. The SMILES string of the molecule is N[C@]1(c2ccc(-c3nc4c(nc3-c3ccccc3)CNc3ccnn3-4)cc2)C[C@](O)(C2CC2)C1. The van der Waals surface area contributed by atoms with E-state index >= 15 is 0 Å². The maximum atomic E-state index is 10.8. The van der Waals surface area contributed by atoms with Crippen LogP contribution in [0.5, 0.6) is 0 Å². The minimum absolute atomic E-state index is 0.435. The normalized spacial score (nSPS) is 25.1. The second-order valence-corrected chi connectivity index (χ2v) is 10.0. The van der Waals surface area contributed by atoms with E-state index in [0.29, 0.717) is 25.3 Å². The number of benzene rings is 2. The third-order valence-electron chi connectivity index (χ3n) is 7.59. The van der Waals surface area contributed by atoms with Crippen molar-refractivity contribution in [2.24, 2.45) is 11.7 Å². The van der Waals surface area contributed by atoms with Gasteiger partial charge in [0, 0.05) is 22.7 Å². The molecule has 0 unspecified atom stereocenters. The number of aliphatic hydroxyl groups is 1. The largest absolute Gasteiger partial charge is 0.389 e. The standard InChI is InChI=1S/C27H26N6O/c28-26(15-27(34,16-26)20-10-11-20)19-8-6-18(7-9-19)24-23(17-4-2-1-3-5-17)31-21-14-29-22-12-13-30-33(22)25(21)32-24/h1-9,12-13,20,29,34H,10-11,14-16,28H2/t26-,27-. The van der Waals surface area contributed by atoms with E-state index in [1.807, 2.05) is 24.3 Å². The van der Waals surface area contributed by atoms with Gasteiger partial charge in [0.25, 0.3) is 0 Å². The van der Waals surface area contributed by atoms with Crippen LogP contribution in [0.2, 0.25) is 0 Å². The highest BCUT2D eigenvalue weighted by Gasteiger charge is 2.58. The molecule has 2 aromatic heterocycles. The van der Waals surface area contributed by atoms with Crippen LogP contribution < -0.4 is 11.1 Å². The van der Waals surface area contributed by atoms with Crippen LogP contribution in [-0.4, -0.2) is 30.5 Å². The van der Waals surface area contributed by atoms with Crippen LogP contribution in [0.1, 0.15) is 36.9 Å². The number of nitrogens with two attached hydrogens (primary N) is 1. The van der Waals surface area contributed by atoms with Crippen molar-refractivity contribution < 1.29 is 5.11 Å². The van der Waals surface area contributed by atoms with Gasteiger partial charge >= 0.3 is 0 Å². The third-order valence-corrected chi connectivity index (χ3v) is 7.59. The van der Waals surface area contributed by atoms with Crippen LogP contribution in [-0.2, 0) is 12.1 Å². The van der Waals surface area contributed by atoms with Crippen LogP contribution in [0.15, 0.2) is 66.9 Å². The molecule has 0 saturated heterocycles. The Morgan fingerprint density at radius 1 is 0.912 bits per heavy atom. The lowest BCUT2D eigenvalue weighted by atomic mass is 9.60. The summed E-state index contributed by atoms with van der Waals surface area (Å²) < 4.78 is 1.81. The molecule has 0 bridgehead atoms. The highest BCUT2D eigenvalue weighted by Crippen LogP contribution is 2.57. The quantitative estimate of drug-likeness (QED) is 0.434. The molecule has 4 aromatic rings. The summed E-state index contributed by atoms with van der Waals surface area (Å²) in [6, 6.07) is 20.4. The second-order valence-electron chi connectivity index (χ2n) is 10.0. The van der Waals surface area contributed by atoms with Crippen LogP contribution >= 0.6 is 0 Å². The summed E-state index contributed by atoms with van der Waals surface area (Å²) in [5, 5.41) is 18.6. The smallest absolute Gasteiger partial charge is 0.179 e. The number of hydrogen-bond donors (Lipinski definition) is 3. The van der Waals surface area contributed by atoms with Gasteiger partial charge in [0.05, 0.1) is 29.7 Å². The first-order chi connectivity index (χ1) is 16.5. The van der Waals surface area contributed by atoms with Crippen molar-refractivity contribution in [3.63, 3.8) is 0 Å². The minimum Gasteiger partial charge on any atom is -0.389 e. The summed E-state index contributed by atoms with van der Waals surface area (Å²) in [4.78, 5) is 10.1. The molecule has 1 aliphatic heterocycles. The summed E-state index contributed by atoms with van der Waals surface area (Å²) in [5.74, 6) is 2.10. The Morgan fingerprint density at radius 3 is 2.35 bits per heavy atom. The molecule has 170 valence electrons. The molecule has 7 heteroatoms.